The maximum Gasteiger partial charge on any atom is 0.410 e. The lowest BCUT2D eigenvalue weighted by Crippen LogP contribution is -2.47. The van der Waals surface area contributed by atoms with Crippen molar-refractivity contribution in [1.29, 1.82) is 0 Å². The third-order valence-corrected chi connectivity index (χ3v) is 5.17. The monoisotopic (exact) mass is 397 g/mol. The predicted molar refractivity (Wildman–Crippen MR) is 114 cm³/mol. The first-order valence-corrected chi connectivity index (χ1v) is 10.2. The van der Waals surface area contributed by atoms with Crippen LogP contribution in [-0.2, 0) is 4.74 Å². The first-order chi connectivity index (χ1) is 13.7. The number of aryl methyl sites for hydroxylation is 1. The van der Waals surface area contributed by atoms with Crippen LogP contribution in [0.3, 0.4) is 0 Å². The molecule has 0 spiro atoms. The third kappa shape index (κ3) is 5.00. The highest BCUT2D eigenvalue weighted by molar-refractivity contribution is 5.96. The summed E-state index contributed by atoms with van der Waals surface area (Å²) in [6.07, 6.45) is 1.17. The number of piperidine rings is 1. The van der Waals surface area contributed by atoms with E-state index >= 15 is 0 Å². The minimum Gasteiger partial charge on any atom is -0.444 e. The predicted octanol–water partition coefficient (Wildman–Crippen LogP) is 4.22. The summed E-state index contributed by atoms with van der Waals surface area (Å²) in [5.41, 5.74) is 3.20. The highest BCUT2D eigenvalue weighted by Gasteiger charge is 2.28. The Morgan fingerprint density at radius 1 is 1.07 bits per heavy atom. The van der Waals surface area contributed by atoms with Crippen molar-refractivity contribution in [2.75, 3.05) is 13.1 Å². The summed E-state index contributed by atoms with van der Waals surface area (Å²) >= 11 is 0. The summed E-state index contributed by atoms with van der Waals surface area (Å²) in [5, 5.41) is 3.14. The second-order valence-corrected chi connectivity index (χ2v) is 8.67. The lowest BCUT2D eigenvalue weighted by atomic mass is 10.0. The first kappa shape index (κ1) is 21.0. The van der Waals surface area contributed by atoms with Gasteiger partial charge in [-0.3, -0.25) is 4.79 Å². The number of aromatic nitrogens is 1. The molecule has 1 aliphatic rings. The summed E-state index contributed by atoms with van der Waals surface area (Å²) in [6.45, 7) is 10.7. The minimum atomic E-state index is -0.497. The minimum absolute atomic E-state index is 0.0565. The van der Waals surface area contributed by atoms with Gasteiger partial charge in [0.15, 0.2) is 0 Å². The van der Waals surface area contributed by atoms with E-state index in [1.807, 2.05) is 71.0 Å². The van der Waals surface area contributed by atoms with E-state index in [0.717, 1.165) is 29.9 Å². The van der Waals surface area contributed by atoms with Crippen LogP contribution in [0, 0.1) is 13.8 Å². The molecule has 2 amide bonds. The van der Waals surface area contributed by atoms with Gasteiger partial charge in [-0.25, -0.2) is 4.79 Å². The SMILES string of the molecule is Cc1cc(C(=O)NC2CCN(C(=O)OC(C)(C)C)CC2)c(C)n1-c1ccccc1. The van der Waals surface area contributed by atoms with Crippen molar-refractivity contribution in [3.63, 3.8) is 0 Å². The van der Waals surface area contributed by atoms with Crippen LogP contribution in [0.1, 0.15) is 55.4 Å². The number of carbonyl (C=O) groups is 2. The Morgan fingerprint density at radius 2 is 1.69 bits per heavy atom. The maximum atomic E-state index is 12.9. The van der Waals surface area contributed by atoms with E-state index in [1.54, 1.807) is 4.90 Å². The van der Waals surface area contributed by atoms with Gasteiger partial charge in [0, 0.05) is 36.2 Å². The average molecular weight is 398 g/mol. The molecule has 1 fully saturated rings. The molecule has 29 heavy (non-hydrogen) atoms. The van der Waals surface area contributed by atoms with Crippen molar-refractivity contribution in [3.05, 3.63) is 53.3 Å². The second-order valence-electron chi connectivity index (χ2n) is 8.67. The van der Waals surface area contributed by atoms with Crippen molar-refractivity contribution in [1.82, 2.24) is 14.8 Å². The Labute approximate surface area is 172 Å². The quantitative estimate of drug-likeness (QED) is 0.843. The van der Waals surface area contributed by atoms with Crippen LogP contribution in [0.4, 0.5) is 4.79 Å². The molecule has 0 aliphatic carbocycles. The van der Waals surface area contributed by atoms with Gasteiger partial charge in [-0.05, 0) is 65.7 Å². The zero-order valence-electron chi connectivity index (χ0n) is 18.0. The molecule has 6 nitrogen and oxygen atoms in total. The van der Waals surface area contributed by atoms with Crippen molar-refractivity contribution in [2.45, 2.75) is 59.1 Å². The molecule has 1 aromatic carbocycles. The number of ether oxygens (including phenoxy) is 1. The van der Waals surface area contributed by atoms with Crippen LogP contribution >= 0.6 is 0 Å². The summed E-state index contributed by atoms with van der Waals surface area (Å²) in [5.74, 6) is -0.0593. The van der Waals surface area contributed by atoms with Gasteiger partial charge >= 0.3 is 6.09 Å². The molecule has 2 aromatic rings. The average Bonchev–Trinajstić information content (AvgIpc) is 2.96. The van der Waals surface area contributed by atoms with Crippen molar-refractivity contribution >= 4 is 12.0 Å². The Morgan fingerprint density at radius 3 is 2.28 bits per heavy atom. The van der Waals surface area contributed by atoms with Crippen LogP contribution < -0.4 is 5.32 Å². The molecule has 1 N–H and O–H groups in total. The highest BCUT2D eigenvalue weighted by atomic mass is 16.6. The number of nitrogens with zero attached hydrogens (tertiary/aromatic N) is 2. The third-order valence-electron chi connectivity index (χ3n) is 5.17. The number of hydrogen-bond donors (Lipinski definition) is 1. The van der Waals surface area contributed by atoms with Gasteiger partial charge in [0.2, 0.25) is 0 Å². The first-order valence-electron chi connectivity index (χ1n) is 10.2. The lowest BCUT2D eigenvalue weighted by Gasteiger charge is -2.33. The molecule has 1 aliphatic heterocycles. The fourth-order valence-corrected chi connectivity index (χ4v) is 3.76. The molecule has 0 bridgehead atoms. The number of para-hydroxylation sites is 1. The van der Waals surface area contributed by atoms with E-state index < -0.39 is 5.60 Å². The van der Waals surface area contributed by atoms with Gasteiger partial charge in [-0.2, -0.15) is 0 Å². The Hall–Kier alpha value is -2.76. The van der Waals surface area contributed by atoms with Crippen LogP contribution in [0.2, 0.25) is 0 Å². The van der Waals surface area contributed by atoms with Gasteiger partial charge in [0.05, 0.1) is 5.56 Å². The van der Waals surface area contributed by atoms with Crippen LogP contribution in [0.15, 0.2) is 36.4 Å². The molecule has 0 radical (unpaired) electrons. The van der Waals surface area contributed by atoms with Gasteiger partial charge in [-0.15, -0.1) is 0 Å². The van der Waals surface area contributed by atoms with E-state index in [4.69, 9.17) is 4.74 Å². The molecule has 0 unspecified atom stereocenters. The topological polar surface area (TPSA) is 63.6 Å². The smallest absolute Gasteiger partial charge is 0.410 e. The molecule has 6 heteroatoms. The second kappa shape index (κ2) is 8.31. The Kier molecular flexibility index (Phi) is 6.01. The van der Waals surface area contributed by atoms with E-state index in [9.17, 15) is 9.59 Å². The number of benzene rings is 1. The zero-order valence-corrected chi connectivity index (χ0v) is 18.0. The van der Waals surface area contributed by atoms with Crippen LogP contribution in [0.5, 0.6) is 0 Å². The summed E-state index contributed by atoms with van der Waals surface area (Å²) in [4.78, 5) is 26.8. The van der Waals surface area contributed by atoms with Gasteiger partial charge in [0.25, 0.3) is 5.91 Å². The highest BCUT2D eigenvalue weighted by Crippen LogP contribution is 2.22. The maximum absolute atomic E-state index is 12.9. The largest absolute Gasteiger partial charge is 0.444 e. The van der Waals surface area contributed by atoms with E-state index in [2.05, 4.69) is 9.88 Å². The molecule has 0 saturated carbocycles. The van der Waals surface area contributed by atoms with Crippen LogP contribution in [0.25, 0.3) is 5.69 Å². The number of carbonyl (C=O) groups excluding carboxylic acids is 2. The molecule has 0 atom stereocenters. The molecular formula is C23H31N3O3. The Balaban J connectivity index is 1.62. The summed E-state index contributed by atoms with van der Waals surface area (Å²) in [6, 6.07) is 12.0. The fourth-order valence-electron chi connectivity index (χ4n) is 3.76. The normalized spacial score (nSPS) is 15.3. The molecule has 1 aromatic heterocycles. The van der Waals surface area contributed by atoms with E-state index in [0.29, 0.717) is 18.7 Å². The summed E-state index contributed by atoms with van der Waals surface area (Å²) in [7, 11) is 0. The number of likely N-dealkylation sites (tertiary alicyclic amines) is 1. The van der Waals surface area contributed by atoms with E-state index in [1.165, 1.54) is 0 Å². The van der Waals surface area contributed by atoms with Gasteiger partial charge < -0.3 is 19.5 Å². The number of hydrogen-bond acceptors (Lipinski definition) is 3. The lowest BCUT2D eigenvalue weighted by molar-refractivity contribution is 0.0199. The zero-order chi connectivity index (χ0) is 21.2. The number of amides is 2. The van der Waals surface area contributed by atoms with Crippen molar-refractivity contribution < 1.29 is 14.3 Å². The molecule has 1 saturated heterocycles. The van der Waals surface area contributed by atoms with Gasteiger partial charge in [-0.1, -0.05) is 18.2 Å². The van der Waals surface area contributed by atoms with Crippen molar-refractivity contribution in [2.24, 2.45) is 0 Å². The summed E-state index contributed by atoms with van der Waals surface area (Å²) < 4.78 is 7.53. The van der Waals surface area contributed by atoms with Crippen LogP contribution in [-0.4, -0.2) is 46.2 Å². The Bertz CT molecular complexity index is 873. The number of nitrogens with one attached hydrogen (secondary N) is 1. The standard InChI is InChI=1S/C23H31N3O3/c1-16-15-20(17(2)26(16)19-9-7-6-8-10-19)21(27)24-18-11-13-25(14-12-18)22(28)29-23(3,4)5/h6-10,15,18H,11-14H2,1-5H3,(H,24,27). The molecular weight excluding hydrogens is 366 g/mol. The molecule has 3 rings (SSSR count). The number of rotatable bonds is 3. The molecule has 156 valence electrons. The van der Waals surface area contributed by atoms with Crippen molar-refractivity contribution in [3.8, 4) is 5.69 Å². The molecule has 2 heterocycles. The van der Waals surface area contributed by atoms with Gasteiger partial charge in [0.1, 0.15) is 5.60 Å². The van der Waals surface area contributed by atoms with E-state index in [-0.39, 0.29) is 18.0 Å². The fraction of sp³-hybridized carbons (Fsp3) is 0.478.